The van der Waals surface area contributed by atoms with Crippen molar-refractivity contribution in [1.82, 2.24) is 10.2 Å². The Morgan fingerprint density at radius 1 is 1.27 bits per heavy atom. The first-order chi connectivity index (χ1) is 5.29. The van der Waals surface area contributed by atoms with Gasteiger partial charge in [-0.2, -0.15) is 5.10 Å². The maximum atomic E-state index is 5.83. The third kappa shape index (κ3) is 0.988. The van der Waals surface area contributed by atoms with Crippen molar-refractivity contribution in [3.05, 3.63) is 28.4 Å². The molecular formula is C7H4Cl2N2. The molecule has 0 bridgehead atoms. The van der Waals surface area contributed by atoms with Gasteiger partial charge in [0.1, 0.15) is 10.7 Å². The number of hydrogen-bond donors (Lipinski definition) is 1. The second-order valence-corrected chi connectivity index (χ2v) is 2.96. The van der Waals surface area contributed by atoms with Gasteiger partial charge in [-0.15, -0.1) is 0 Å². The predicted octanol–water partition coefficient (Wildman–Crippen LogP) is 2.87. The largest absolute Gasteiger partial charge is 0.266 e. The molecule has 56 valence electrons. The standard InChI is InChI=1S/C7H4Cl2N2/c8-5-3-1-2-4-6(5)10-11-7(4)9/h1-3H,(H,10,11). The lowest BCUT2D eigenvalue weighted by Gasteiger charge is -1.88. The zero-order chi connectivity index (χ0) is 7.84. The molecule has 0 aliphatic rings. The molecule has 0 fully saturated rings. The van der Waals surface area contributed by atoms with Gasteiger partial charge < -0.3 is 0 Å². The maximum Gasteiger partial charge on any atom is 0.132 e. The number of nitrogens with one attached hydrogen (secondary N) is 1. The van der Waals surface area contributed by atoms with Crippen molar-refractivity contribution >= 4 is 34.1 Å². The first-order valence-electron chi connectivity index (χ1n) is 3.07. The molecule has 1 heterocycles. The van der Waals surface area contributed by atoms with Crippen molar-refractivity contribution in [1.29, 1.82) is 0 Å². The molecular weight excluding hydrogens is 183 g/mol. The number of benzene rings is 1. The van der Waals surface area contributed by atoms with Crippen LogP contribution in [0.15, 0.2) is 18.2 Å². The fourth-order valence-corrected chi connectivity index (χ4v) is 1.38. The second kappa shape index (κ2) is 2.40. The molecule has 0 radical (unpaired) electrons. The zero-order valence-electron chi connectivity index (χ0n) is 5.44. The van der Waals surface area contributed by atoms with Crippen LogP contribution in [0.2, 0.25) is 10.2 Å². The topological polar surface area (TPSA) is 28.7 Å². The summed E-state index contributed by atoms with van der Waals surface area (Å²) in [6.45, 7) is 0. The first-order valence-corrected chi connectivity index (χ1v) is 3.83. The van der Waals surface area contributed by atoms with Crippen molar-refractivity contribution in [3.63, 3.8) is 0 Å². The SMILES string of the molecule is Clc1[nH]nc2c(Cl)cccc12. The molecule has 0 saturated carbocycles. The summed E-state index contributed by atoms with van der Waals surface area (Å²) >= 11 is 11.6. The Labute approximate surface area is 73.1 Å². The van der Waals surface area contributed by atoms with Crippen LogP contribution in [0.4, 0.5) is 0 Å². The Bertz CT molecular complexity index is 394. The average Bonchev–Trinajstić information content (AvgIpc) is 2.35. The number of fused-ring (bicyclic) bond motifs is 1. The van der Waals surface area contributed by atoms with E-state index in [9.17, 15) is 0 Å². The van der Waals surface area contributed by atoms with E-state index in [4.69, 9.17) is 23.2 Å². The predicted molar refractivity (Wildman–Crippen MR) is 46.1 cm³/mol. The van der Waals surface area contributed by atoms with Gasteiger partial charge in [0.05, 0.1) is 5.02 Å². The Balaban J connectivity index is 2.94. The molecule has 2 aromatic rings. The summed E-state index contributed by atoms with van der Waals surface area (Å²) in [5.74, 6) is 0. The van der Waals surface area contributed by atoms with Gasteiger partial charge >= 0.3 is 0 Å². The third-order valence-electron chi connectivity index (χ3n) is 1.49. The molecule has 4 heteroatoms. The molecule has 0 aliphatic heterocycles. The van der Waals surface area contributed by atoms with E-state index in [1.54, 1.807) is 6.07 Å². The van der Waals surface area contributed by atoms with Crippen LogP contribution in [0.25, 0.3) is 10.9 Å². The van der Waals surface area contributed by atoms with Crippen LogP contribution < -0.4 is 0 Å². The first kappa shape index (κ1) is 6.95. The van der Waals surface area contributed by atoms with Crippen LogP contribution in [0.3, 0.4) is 0 Å². The van der Waals surface area contributed by atoms with Gasteiger partial charge in [-0.3, -0.25) is 5.10 Å². The van der Waals surface area contributed by atoms with Crippen molar-refractivity contribution < 1.29 is 0 Å². The van der Waals surface area contributed by atoms with Crippen LogP contribution in [0.5, 0.6) is 0 Å². The Hall–Kier alpha value is -0.730. The Morgan fingerprint density at radius 3 is 2.82 bits per heavy atom. The molecule has 0 amide bonds. The highest BCUT2D eigenvalue weighted by atomic mass is 35.5. The number of hydrogen-bond acceptors (Lipinski definition) is 1. The number of aromatic amines is 1. The van der Waals surface area contributed by atoms with Gasteiger partial charge in [0.2, 0.25) is 0 Å². The van der Waals surface area contributed by atoms with E-state index >= 15 is 0 Å². The minimum Gasteiger partial charge on any atom is -0.266 e. The molecule has 1 aromatic carbocycles. The summed E-state index contributed by atoms with van der Waals surface area (Å²) in [6.07, 6.45) is 0. The van der Waals surface area contributed by atoms with Crippen LogP contribution >= 0.6 is 23.2 Å². The molecule has 0 saturated heterocycles. The molecule has 2 nitrogen and oxygen atoms in total. The second-order valence-electron chi connectivity index (χ2n) is 2.17. The molecule has 0 atom stereocenters. The number of halogens is 2. The fraction of sp³-hybridized carbons (Fsp3) is 0. The Morgan fingerprint density at radius 2 is 2.09 bits per heavy atom. The lowest BCUT2D eigenvalue weighted by atomic mass is 10.3. The minimum atomic E-state index is 0.530. The number of H-pyrrole nitrogens is 1. The minimum absolute atomic E-state index is 0.530. The van der Waals surface area contributed by atoms with Crippen molar-refractivity contribution in [3.8, 4) is 0 Å². The molecule has 1 aromatic heterocycles. The maximum absolute atomic E-state index is 5.83. The summed E-state index contributed by atoms with van der Waals surface area (Å²) < 4.78 is 0. The zero-order valence-corrected chi connectivity index (χ0v) is 6.95. The molecule has 0 unspecified atom stereocenters. The highest BCUT2D eigenvalue weighted by Gasteiger charge is 2.04. The monoisotopic (exact) mass is 186 g/mol. The van der Waals surface area contributed by atoms with Crippen LogP contribution in [-0.4, -0.2) is 10.2 Å². The number of aromatic nitrogens is 2. The van der Waals surface area contributed by atoms with E-state index in [0.717, 1.165) is 10.9 Å². The van der Waals surface area contributed by atoms with Crippen LogP contribution in [0.1, 0.15) is 0 Å². The summed E-state index contributed by atoms with van der Waals surface area (Å²) in [6, 6.07) is 5.49. The van der Waals surface area contributed by atoms with E-state index in [1.165, 1.54) is 0 Å². The van der Waals surface area contributed by atoms with Gasteiger partial charge in [-0.1, -0.05) is 29.3 Å². The lowest BCUT2D eigenvalue weighted by molar-refractivity contribution is 1.12. The van der Waals surface area contributed by atoms with Gasteiger partial charge in [-0.05, 0) is 12.1 Å². The number of para-hydroxylation sites is 1. The quantitative estimate of drug-likeness (QED) is 0.674. The summed E-state index contributed by atoms with van der Waals surface area (Å²) in [5.41, 5.74) is 0.721. The fourth-order valence-electron chi connectivity index (χ4n) is 0.971. The highest BCUT2D eigenvalue weighted by molar-refractivity contribution is 6.38. The average molecular weight is 187 g/mol. The van der Waals surface area contributed by atoms with Crippen molar-refractivity contribution in [2.45, 2.75) is 0 Å². The Kier molecular flexibility index (Phi) is 1.51. The summed E-state index contributed by atoms with van der Waals surface area (Å²) in [4.78, 5) is 0. The smallest absolute Gasteiger partial charge is 0.132 e. The molecule has 0 aliphatic carbocycles. The lowest BCUT2D eigenvalue weighted by Crippen LogP contribution is -1.68. The molecule has 11 heavy (non-hydrogen) atoms. The van der Waals surface area contributed by atoms with E-state index in [-0.39, 0.29) is 0 Å². The number of rotatable bonds is 0. The van der Waals surface area contributed by atoms with Crippen LogP contribution in [-0.2, 0) is 0 Å². The normalized spacial score (nSPS) is 10.7. The van der Waals surface area contributed by atoms with Crippen molar-refractivity contribution in [2.24, 2.45) is 0 Å². The summed E-state index contributed by atoms with van der Waals surface area (Å²) in [5, 5.41) is 8.58. The highest BCUT2D eigenvalue weighted by Crippen LogP contribution is 2.25. The molecule has 2 rings (SSSR count). The van der Waals surface area contributed by atoms with E-state index in [1.807, 2.05) is 12.1 Å². The molecule has 0 spiro atoms. The van der Waals surface area contributed by atoms with Gasteiger partial charge in [0.25, 0.3) is 0 Å². The molecule has 1 N–H and O–H groups in total. The van der Waals surface area contributed by atoms with E-state index < -0.39 is 0 Å². The number of nitrogens with zero attached hydrogens (tertiary/aromatic N) is 1. The summed E-state index contributed by atoms with van der Waals surface area (Å²) in [7, 11) is 0. The third-order valence-corrected chi connectivity index (χ3v) is 2.08. The van der Waals surface area contributed by atoms with Gasteiger partial charge in [0, 0.05) is 5.39 Å². The van der Waals surface area contributed by atoms with E-state index in [0.29, 0.717) is 10.2 Å². The van der Waals surface area contributed by atoms with Crippen LogP contribution in [0, 0.1) is 0 Å². The van der Waals surface area contributed by atoms with Crippen molar-refractivity contribution in [2.75, 3.05) is 0 Å². The van der Waals surface area contributed by atoms with E-state index in [2.05, 4.69) is 10.2 Å². The van der Waals surface area contributed by atoms with Gasteiger partial charge in [0.15, 0.2) is 0 Å². The van der Waals surface area contributed by atoms with Gasteiger partial charge in [-0.25, -0.2) is 0 Å².